The van der Waals surface area contributed by atoms with Crippen molar-refractivity contribution in [3.8, 4) is 0 Å². The molecule has 0 aliphatic rings. The number of hydrogen-bond donors (Lipinski definition) is 0. The van der Waals surface area contributed by atoms with Crippen molar-refractivity contribution in [3.63, 3.8) is 0 Å². The monoisotopic (exact) mass is 335 g/mol. The number of nitrogens with zero attached hydrogens (tertiary/aromatic N) is 1. The van der Waals surface area contributed by atoms with E-state index in [0.717, 1.165) is 12.1 Å². The van der Waals surface area contributed by atoms with Crippen molar-refractivity contribution in [3.05, 3.63) is 64.1 Å². The maximum Gasteiger partial charge on any atom is 0.259 e. The normalized spacial score (nSPS) is 10.8. The Kier molecular flexibility index (Phi) is 5.87. The number of hydrogen-bond acceptors (Lipinski definition) is 1. The molecule has 2 rings (SSSR count). The minimum Gasteiger partial charge on any atom is -0.308 e. The van der Waals surface area contributed by atoms with Crippen LogP contribution in [0, 0.1) is 5.92 Å². The fraction of sp³-hybridized carbons (Fsp3) is 0.278. The Morgan fingerprint density at radius 1 is 1.09 bits per heavy atom. The van der Waals surface area contributed by atoms with E-state index in [-0.39, 0.29) is 5.91 Å². The highest BCUT2D eigenvalue weighted by Crippen LogP contribution is 2.25. The molecule has 0 saturated carbocycles. The van der Waals surface area contributed by atoms with Crippen molar-refractivity contribution in [2.45, 2.75) is 20.3 Å². The highest BCUT2D eigenvalue weighted by molar-refractivity contribution is 6.37. The molecule has 0 spiro atoms. The lowest BCUT2D eigenvalue weighted by Gasteiger charge is -2.24. The Morgan fingerprint density at radius 3 is 2.36 bits per heavy atom. The summed E-state index contributed by atoms with van der Waals surface area (Å²) in [6.45, 7) is 4.94. The quantitative estimate of drug-likeness (QED) is 0.687. The van der Waals surface area contributed by atoms with E-state index in [1.807, 2.05) is 30.3 Å². The molecule has 2 aromatic rings. The van der Waals surface area contributed by atoms with Crippen molar-refractivity contribution < 1.29 is 4.79 Å². The molecule has 0 unspecified atom stereocenters. The van der Waals surface area contributed by atoms with E-state index in [0.29, 0.717) is 28.1 Å². The molecule has 0 aliphatic carbocycles. The number of anilines is 1. The predicted molar refractivity (Wildman–Crippen MR) is 94.0 cm³/mol. The van der Waals surface area contributed by atoms with Crippen LogP contribution in [-0.4, -0.2) is 12.5 Å². The van der Waals surface area contributed by atoms with Gasteiger partial charge in [0.25, 0.3) is 5.91 Å². The van der Waals surface area contributed by atoms with Crippen LogP contribution < -0.4 is 4.90 Å². The van der Waals surface area contributed by atoms with Crippen LogP contribution in [0.1, 0.15) is 30.6 Å². The largest absolute Gasteiger partial charge is 0.308 e. The summed E-state index contributed by atoms with van der Waals surface area (Å²) >= 11 is 12.1. The van der Waals surface area contributed by atoms with E-state index in [1.54, 1.807) is 23.1 Å². The van der Waals surface area contributed by atoms with Crippen LogP contribution in [0.3, 0.4) is 0 Å². The first-order chi connectivity index (χ1) is 10.5. The van der Waals surface area contributed by atoms with Gasteiger partial charge in [-0.1, -0.05) is 55.2 Å². The fourth-order valence-electron chi connectivity index (χ4n) is 2.15. The van der Waals surface area contributed by atoms with Gasteiger partial charge in [-0.25, -0.2) is 0 Å². The van der Waals surface area contributed by atoms with E-state index in [1.165, 1.54) is 0 Å². The molecule has 0 aliphatic heterocycles. The van der Waals surface area contributed by atoms with Crippen LogP contribution in [-0.2, 0) is 0 Å². The molecule has 0 heterocycles. The third-order valence-corrected chi connectivity index (χ3v) is 3.95. The molecule has 0 aromatic heterocycles. The second-order valence-corrected chi connectivity index (χ2v) is 6.44. The Labute approximate surface area is 141 Å². The number of amides is 1. The molecule has 22 heavy (non-hydrogen) atoms. The molecular weight excluding hydrogens is 317 g/mol. The van der Waals surface area contributed by atoms with Gasteiger partial charge in [0.1, 0.15) is 0 Å². The molecule has 0 radical (unpaired) electrons. The standard InChI is InChI=1S/C18H19Cl2NO/c1-13(2)10-11-21(15-6-4-3-5-7-15)18(22)16-9-8-14(19)12-17(16)20/h3-9,12-13H,10-11H2,1-2H3. The van der Waals surface area contributed by atoms with Crippen molar-refractivity contribution in [2.24, 2.45) is 5.92 Å². The summed E-state index contributed by atoms with van der Waals surface area (Å²) in [5.41, 5.74) is 1.35. The highest BCUT2D eigenvalue weighted by Gasteiger charge is 2.20. The SMILES string of the molecule is CC(C)CCN(C(=O)c1ccc(Cl)cc1Cl)c1ccccc1. The molecule has 116 valence electrons. The van der Waals surface area contributed by atoms with Gasteiger partial charge in [-0.3, -0.25) is 4.79 Å². The van der Waals surface area contributed by atoms with Gasteiger partial charge in [-0.2, -0.15) is 0 Å². The van der Waals surface area contributed by atoms with Crippen molar-refractivity contribution >= 4 is 34.8 Å². The summed E-state index contributed by atoms with van der Waals surface area (Å²) < 4.78 is 0. The molecule has 0 bridgehead atoms. The molecule has 0 fully saturated rings. The average molecular weight is 336 g/mol. The Morgan fingerprint density at radius 2 is 1.77 bits per heavy atom. The van der Waals surface area contributed by atoms with Crippen molar-refractivity contribution in [1.82, 2.24) is 0 Å². The first-order valence-electron chi connectivity index (χ1n) is 7.31. The zero-order valence-electron chi connectivity index (χ0n) is 12.7. The summed E-state index contributed by atoms with van der Waals surface area (Å²) in [5, 5.41) is 0.901. The predicted octanol–water partition coefficient (Wildman–Crippen LogP) is 5.69. The van der Waals surface area contributed by atoms with Crippen LogP contribution in [0.4, 0.5) is 5.69 Å². The van der Waals surface area contributed by atoms with Crippen molar-refractivity contribution in [1.29, 1.82) is 0 Å². The molecule has 4 heteroatoms. The summed E-state index contributed by atoms with van der Waals surface area (Å²) in [5.74, 6) is 0.410. The van der Waals surface area contributed by atoms with Gasteiger partial charge in [-0.05, 0) is 42.7 Å². The first-order valence-corrected chi connectivity index (χ1v) is 8.06. The van der Waals surface area contributed by atoms with Crippen LogP contribution in [0.25, 0.3) is 0 Å². The van der Waals surface area contributed by atoms with E-state index in [9.17, 15) is 4.79 Å². The third-order valence-electron chi connectivity index (χ3n) is 3.40. The second-order valence-electron chi connectivity index (χ2n) is 5.60. The first kappa shape index (κ1) is 16.9. The molecule has 2 aromatic carbocycles. The molecule has 0 N–H and O–H groups in total. The van der Waals surface area contributed by atoms with Crippen LogP contribution >= 0.6 is 23.2 Å². The van der Waals surface area contributed by atoms with Crippen LogP contribution in [0.2, 0.25) is 10.0 Å². The van der Waals surface area contributed by atoms with Crippen molar-refractivity contribution in [2.75, 3.05) is 11.4 Å². The van der Waals surface area contributed by atoms with Gasteiger partial charge < -0.3 is 4.90 Å². The highest BCUT2D eigenvalue weighted by atomic mass is 35.5. The zero-order chi connectivity index (χ0) is 16.1. The third kappa shape index (κ3) is 4.25. The van der Waals surface area contributed by atoms with Gasteiger partial charge >= 0.3 is 0 Å². The van der Waals surface area contributed by atoms with E-state index >= 15 is 0 Å². The molecular formula is C18H19Cl2NO. The minimum atomic E-state index is -0.103. The number of carbonyl (C=O) groups is 1. The Bertz CT molecular complexity index is 641. The van der Waals surface area contributed by atoms with E-state index in [2.05, 4.69) is 13.8 Å². The Balaban J connectivity index is 2.33. The van der Waals surface area contributed by atoms with Gasteiger partial charge in [0.15, 0.2) is 0 Å². The minimum absolute atomic E-state index is 0.103. The number of benzene rings is 2. The van der Waals surface area contributed by atoms with Gasteiger partial charge in [0, 0.05) is 17.3 Å². The molecule has 0 atom stereocenters. The lowest BCUT2D eigenvalue weighted by atomic mass is 10.1. The number of rotatable bonds is 5. The van der Waals surface area contributed by atoms with E-state index < -0.39 is 0 Å². The maximum atomic E-state index is 12.9. The number of carbonyl (C=O) groups excluding carboxylic acids is 1. The number of halogens is 2. The molecule has 1 amide bonds. The second kappa shape index (κ2) is 7.66. The summed E-state index contributed by atoms with van der Waals surface area (Å²) in [4.78, 5) is 14.7. The fourth-order valence-corrected chi connectivity index (χ4v) is 2.64. The summed E-state index contributed by atoms with van der Waals surface area (Å²) in [6, 6.07) is 14.6. The topological polar surface area (TPSA) is 20.3 Å². The molecule has 0 saturated heterocycles. The zero-order valence-corrected chi connectivity index (χ0v) is 14.2. The smallest absolute Gasteiger partial charge is 0.259 e. The average Bonchev–Trinajstić information content (AvgIpc) is 2.48. The van der Waals surface area contributed by atoms with E-state index in [4.69, 9.17) is 23.2 Å². The molecule has 2 nitrogen and oxygen atoms in total. The van der Waals surface area contributed by atoms with Gasteiger partial charge in [-0.15, -0.1) is 0 Å². The number of para-hydroxylation sites is 1. The lowest BCUT2D eigenvalue weighted by Crippen LogP contribution is -2.32. The van der Waals surface area contributed by atoms with Gasteiger partial charge in [0.05, 0.1) is 10.6 Å². The summed E-state index contributed by atoms with van der Waals surface area (Å²) in [6.07, 6.45) is 0.922. The maximum absolute atomic E-state index is 12.9. The van der Waals surface area contributed by atoms with Gasteiger partial charge in [0.2, 0.25) is 0 Å². The van der Waals surface area contributed by atoms with Crippen LogP contribution in [0.5, 0.6) is 0 Å². The van der Waals surface area contributed by atoms with Crippen LogP contribution in [0.15, 0.2) is 48.5 Å². The Hall–Kier alpha value is -1.51. The summed E-state index contributed by atoms with van der Waals surface area (Å²) in [7, 11) is 0. The lowest BCUT2D eigenvalue weighted by molar-refractivity contribution is 0.0986.